The summed E-state index contributed by atoms with van der Waals surface area (Å²) in [6.45, 7) is 3.23. The topological polar surface area (TPSA) is 95.5 Å². The smallest absolute Gasteiger partial charge is 0.308 e. The van der Waals surface area contributed by atoms with Crippen molar-refractivity contribution in [1.82, 2.24) is 10.6 Å². The molecule has 24 heavy (non-hydrogen) atoms. The van der Waals surface area contributed by atoms with Crippen molar-refractivity contribution in [3.63, 3.8) is 0 Å². The average Bonchev–Trinajstić information content (AvgIpc) is 2.99. The Morgan fingerprint density at radius 2 is 2.17 bits per heavy atom. The second-order valence-corrected chi connectivity index (χ2v) is 7.55. The van der Waals surface area contributed by atoms with Gasteiger partial charge in [0, 0.05) is 11.8 Å². The number of nitrogens with one attached hydrogen (secondary N) is 2. The number of carbonyl (C=O) groups excluding carboxylic acids is 2. The highest BCUT2D eigenvalue weighted by Gasteiger charge is 2.42. The summed E-state index contributed by atoms with van der Waals surface area (Å²) in [4.78, 5) is 36.3. The first-order valence-electron chi connectivity index (χ1n) is 8.16. The number of aliphatic carboxylic acids is 1. The Morgan fingerprint density at radius 3 is 2.75 bits per heavy atom. The number of thiophene rings is 1. The minimum atomic E-state index is -0.867. The molecule has 0 bridgehead atoms. The summed E-state index contributed by atoms with van der Waals surface area (Å²) in [5.41, 5.74) is -0.739. The number of hydrogen-bond donors (Lipinski definition) is 3. The molecule has 0 aromatic carbocycles. The molecule has 1 aromatic rings. The molecule has 0 spiro atoms. The third-order valence-electron chi connectivity index (χ3n) is 4.58. The predicted octanol–water partition coefficient (Wildman–Crippen LogP) is 2.47. The van der Waals surface area contributed by atoms with E-state index in [-0.39, 0.29) is 18.2 Å². The fourth-order valence-corrected chi connectivity index (χ4v) is 4.17. The largest absolute Gasteiger partial charge is 0.481 e. The van der Waals surface area contributed by atoms with Gasteiger partial charge < -0.3 is 15.7 Å². The third-order valence-corrected chi connectivity index (χ3v) is 5.57. The van der Waals surface area contributed by atoms with Crippen LogP contribution in [0.2, 0.25) is 0 Å². The van der Waals surface area contributed by atoms with Gasteiger partial charge in [0.25, 0.3) is 0 Å². The number of rotatable bonds is 6. The van der Waals surface area contributed by atoms with Gasteiger partial charge in [0.15, 0.2) is 0 Å². The standard InChI is InChI=1S/C17H24N2O4S/c1-11(20)18-13(14-7-5-9-24-14)10-15(21)19-17(2)8-4-3-6-12(17)16(22)23/h5,7,9,12-13H,3-4,6,8,10H2,1-2H3,(H,18,20)(H,19,21)(H,22,23). The zero-order valence-electron chi connectivity index (χ0n) is 14.0. The summed E-state index contributed by atoms with van der Waals surface area (Å²) in [7, 11) is 0. The first-order valence-corrected chi connectivity index (χ1v) is 9.04. The van der Waals surface area contributed by atoms with Gasteiger partial charge in [-0.05, 0) is 31.2 Å². The molecular weight excluding hydrogens is 328 g/mol. The Bertz CT molecular complexity index is 602. The summed E-state index contributed by atoms with van der Waals surface area (Å²) in [5.74, 6) is -1.88. The molecule has 1 aliphatic carbocycles. The van der Waals surface area contributed by atoms with Gasteiger partial charge in [0.2, 0.25) is 11.8 Å². The molecule has 3 unspecified atom stereocenters. The first-order chi connectivity index (χ1) is 11.3. The van der Waals surface area contributed by atoms with Crippen LogP contribution in [0.15, 0.2) is 17.5 Å². The van der Waals surface area contributed by atoms with E-state index < -0.39 is 23.5 Å². The molecule has 1 heterocycles. The van der Waals surface area contributed by atoms with Crippen molar-refractivity contribution in [3.05, 3.63) is 22.4 Å². The first kappa shape index (κ1) is 18.4. The molecule has 3 N–H and O–H groups in total. The van der Waals surface area contributed by atoms with Gasteiger partial charge in [-0.15, -0.1) is 11.3 Å². The van der Waals surface area contributed by atoms with E-state index in [0.717, 1.165) is 17.7 Å². The molecule has 0 radical (unpaired) electrons. The minimum absolute atomic E-state index is 0.0992. The van der Waals surface area contributed by atoms with Crippen LogP contribution in [0.3, 0.4) is 0 Å². The highest BCUT2D eigenvalue weighted by Crippen LogP contribution is 2.34. The van der Waals surface area contributed by atoms with Gasteiger partial charge in [0.1, 0.15) is 0 Å². The highest BCUT2D eigenvalue weighted by molar-refractivity contribution is 7.10. The van der Waals surface area contributed by atoms with E-state index in [0.29, 0.717) is 12.8 Å². The molecule has 2 amide bonds. The maximum absolute atomic E-state index is 12.5. The molecular formula is C17H24N2O4S. The van der Waals surface area contributed by atoms with Gasteiger partial charge in [-0.2, -0.15) is 0 Å². The highest BCUT2D eigenvalue weighted by atomic mass is 32.1. The summed E-state index contributed by atoms with van der Waals surface area (Å²) >= 11 is 1.48. The van der Waals surface area contributed by atoms with Crippen molar-refractivity contribution in [2.45, 2.75) is 57.5 Å². The minimum Gasteiger partial charge on any atom is -0.481 e. The zero-order valence-corrected chi connectivity index (χ0v) is 14.8. The molecule has 3 atom stereocenters. The van der Waals surface area contributed by atoms with Crippen LogP contribution in [0.5, 0.6) is 0 Å². The normalized spacial score (nSPS) is 24.8. The van der Waals surface area contributed by atoms with Crippen LogP contribution < -0.4 is 10.6 Å². The van der Waals surface area contributed by atoms with Crippen LogP contribution in [-0.2, 0) is 14.4 Å². The summed E-state index contributed by atoms with van der Waals surface area (Å²) in [6.07, 6.45) is 3.10. The van der Waals surface area contributed by atoms with Crippen LogP contribution in [0.4, 0.5) is 0 Å². The van der Waals surface area contributed by atoms with Crippen LogP contribution >= 0.6 is 11.3 Å². The van der Waals surface area contributed by atoms with E-state index in [1.807, 2.05) is 17.5 Å². The quantitative estimate of drug-likeness (QED) is 0.733. The number of carboxylic acids is 1. The van der Waals surface area contributed by atoms with Gasteiger partial charge in [0.05, 0.1) is 23.9 Å². The summed E-state index contributed by atoms with van der Waals surface area (Å²) < 4.78 is 0. The summed E-state index contributed by atoms with van der Waals surface area (Å²) in [5, 5.41) is 17.0. The molecule has 1 saturated carbocycles. The van der Waals surface area contributed by atoms with E-state index in [1.54, 1.807) is 6.92 Å². The Labute approximate surface area is 145 Å². The lowest BCUT2D eigenvalue weighted by Gasteiger charge is -2.40. The fourth-order valence-electron chi connectivity index (χ4n) is 3.39. The van der Waals surface area contributed by atoms with Crippen LogP contribution in [0.25, 0.3) is 0 Å². The molecule has 2 rings (SSSR count). The number of carbonyl (C=O) groups is 3. The molecule has 0 aliphatic heterocycles. The monoisotopic (exact) mass is 352 g/mol. The SMILES string of the molecule is CC(=O)NC(CC(=O)NC1(C)CCCCC1C(=O)O)c1cccs1. The zero-order chi connectivity index (χ0) is 17.7. The average molecular weight is 352 g/mol. The van der Waals surface area contributed by atoms with Gasteiger partial charge >= 0.3 is 5.97 Å². The lowest BCUT2D eigenvalue weighted by atomic mass is 9.74. The van der Waals surface area contributed by atoms with E-state index in [4.69, 9.17) is 0 Å². The molecule has 0 saturated heterocycles. The van der Waals surface area contributed by atoms with Crippen molar-refractivity contribution in [1.29, 1.82) is 0 Å². The maximum Gasteiger partial charge on any atom is 0.308 e. The van der Waals surface area contributed by atoms with Gasteiger partial charge in [-0.25, -0.2) is 0 Å². The van der Waals surface area contributed by atoms with Crippen LogP contribution in [0.1, 0.15) is 56.9 Å². The van der Waals surface area contributed by atoms with Gasteiger partial charge in [-0.1, -0.05) is 18.9 Å². The Kier molecular flexibility index (Phi) is 5.99. The van der Waals surface area contributed by atoms with Crippen molar-refractivity contribution >= 4 is 29.1 Å². The van der Waals surface area contributed by atoms with E-state index >= 15 is 0 Å². The van der Waals surface area contributed by atoms with Crippen molar-refractivity contribution in [3.8, 4) is 0 Å². The van der Waals surface area contributed by atoms with E-state index in [9.17, 15) is 19.5 Å². The fraction of sp³-hybridized carbons (Fsp3) is 0.588. The Hall–Kier alpha value is -1.89. The number of amides is 2. The third kappa shape index (κ3) is 4.56. The molecule has 6 nitrogen and oxygen atoms in total. The van der Waals surface area contributed by atoms with Crippen molar-refractivity contribution in [2.24, 2.45) is 5.92 Å². The van der Waals surface area contributed by atoms with Crippen LogP contribution in [-0.4, -0.2) is 28.4 Å². The second-order valence-electron chi connectivity index (χ2n) is 6.57. The summed E-state index contributed by atoms with van der Waals surface area (Å²) in [6, 6.07) is 3.36. The molecule has 132 valence electrons. The second kappa shape index (κ2) is 7.79. The Balaban J connectivity index is 2.06. The Morgan fingerprint density at radius 1 is 1.42 bits per heavy atom. The number of hydrogen-bond acceptors (Lipinski definition) is 4. The molecule has 1 fully saturated rings. The lowest BCUT2D eigenvalue weighted by molar-refractivity contribution is -0.146. The predicted molar refractivity (Wildman–Crippen MR) is 91.6 cm³/mol. The van der Waals surface area contributed by atoms with Crippen LogP contribution in [0, 0.1) is 5.92 Å². The maximum atomic E-state index is 12.5. The molecule has 1 aromatic heterocycles. The molecule has 7 heteroatoms. The van der Waals surface area contributed by atoms with Crippen molar-refractivity contribution in [2.75, 3.05) is 0 Å². The molecule has 1 aliphatic rings. The van der Waals surface area contributed by atoms with E-state index in [1.165, 1.54) is 18.3 Å². The van der Waals surface area contributed by atoms with E-state index in [2.05, 4.69) is 10.6 Å². The lowest BCUT2D eigenvalue weighted by Crippen LogP contribution is -2.55. The van der Waals surface area contributed by atoms with Gasteiger partial charge in [-0.3, -0.25) is 14.4 Å². The number of carboxylic acid groups (broad SMARTS) is 1. The van der Waals surface area contributed by atoms with Crippen molar-refractivity contribution < 1.29 is 19.5 Å².